The molecule has 4 nitrogen and oxygen atoms in total. The number of para-hydroxylation sites is 1. The van der Waals surface area contributed by atoms with Crippen molar-refractivity contribution in [2.75, 3.05) is 18.8 Å². The molecule has 110 valence electrons. The average Bonchev–Trinajstić information content (AvgIpc) is 3.24. The van der Waals surface area contributed by atoms with E-state index in [2.05, 4.69) is 10.2 Å². The Hall–Kier alpha value is -1.65. The lowest BCUT2D eigenvalue weighted by molar-refractivity contribution is 0.317. The molecule has 1 aromatic heterocycles. The van der Waals surface area contributed by atoms with Crippen LogP contribution in [0.1, 0.15) is 25.0 Å². The van der Waals surface area contributed by atoms with Crippen LogP contribution in [-0.4, -0.2) is 35.1 Å². The third-order valence-corrected chi connectivity index (χ3v) is 4.66. The van der Waals surface area contributed by atoms with Crippen LogP contribution in [0.5, 0.6) is 0 Å². The van der Waals surface area contributed by atoms with Crippen LogP contribution in [0.2, 0.25) is 0 Å². The number of rotatable bonds is 4. The predicted octanol–water partition coefficient (Wildman–Crippen LogP) is 2.14. The van der Waals surface area contributed by atoms with Crippen molar-refractivity contribution in [3.8, 4) is 0 Å². The Morgan fingerprint density at radius 1 is 1.24 bits per heavy atom. The van der Waals surface area contributed by atoms with Crippen LogP contribution in [0.3, 0.4) is 0 Å². The molecule has 1 saturated carbocycles. The summed E-state index contributed by atoms with van der Waals surface area (Å²) in [6, 6.07) is 11.5. The number of nitrogens with one attached hydrogen (secondary N) is 1. The SMILES string of the molecule is Nc1cc(CNC2CCN(C3CC3)C2)nc2ccccc12. The Bertz CT molecular complexity index is 650. The topological polar surface area (TPSA) is 54.2 Å². The highest BCUT2D eigenvalue weighted by Gasteiger charge is 2.34. The highest BCUT2D eigenvalue weighted by Crippen LogP contribution is 2.29. The zero-order chi connectivity index (χ0) is 14.2. The number of hydrogen-bond acceptors (Lipinski definition) is 4. The minimum Gasteiger partial charge on any atom is -0.398 e. The fourth-order valence-corrected chi connectivity index (χ4v) is 3.32. The summed E-state index contributed by atoms with van der Waals surface area (Å²) < 4.78 is 0. The number of aromatic nitrogens is 1. The number of nitrogen functional groups attached to an aromatic ring is 1. The zero-order valence-corrected chi connectivity index (χ0v) is 12.3. The van der Waals surface area contributed by atoms with Gasteiger partial charge in [0.2, 0.25) is 0 Å². The number of fused-ring (bicyclic) bond motifs is 1. The van der Waals surface area contributed by atoms with Crippen molar-refractivity contribution < 1.29 is 0 Å². The Morgan fingerprint density at radius 3 is 2.95 bits per heavy atom. The van der Waals surface area contributed by atoms with Crippen molar-refractivity contribution in [2.24, 2.45) is 0 Å². The van der Waals surface area contributed by atoms with Crippen LogP contribution in [0, 0.1) is 0 Å². The molecule has 2 aromatic rings. The number of pyridine rings is 1. The highest BCUT2D eigenvalue weighted by molar-refractivity contribution is 5.90. The molecule has 2 aliphatic rings. The second kappa shape index (κ2) is 5.28. The summed E-state index contributed by atoms with van der Waals surface area (Å²) >= 11 is 0. The van der Waals surface area contributed by atoms with Crippen LogP contribution in [0.25, 0.3) is 10.9 Å². The summed E-state index contributed by atoms with van der Waals surface area (Å²) in [4.78, 5) is 7.33. The minimum atomic E-state index is 0.597. The monoisotopic (exact) mass is 282 g/mol. The van der Waals surface area contributed by atoms with Gasteiger partial charge in [0, 0.05) is 42.8 Å². The largest absolute Gasteiger partial charge is 0.398 e. The maximum absolute atomic E-state index is 6.13. The molecular formula is C17H22N4. The van der Waals surface area contributed by atoms with Crippen molar-refractivity contribution >= 4 is 16.6 Å². The van der Waals surface area contributed by atoms with E-state index in [4.69, 9.17) is 10.7 Å². The van der Waals surface area contributed by atoms with Gasteiger partial charge in [-0.2, -0.15) is 0 Å². The summed E-state index contributed by atoms with van der Waals surface area (Å²) in [7, 11) is 0. The molecule has 2 fully saturated rings. The number of benzene rings is 1. The van der Waals surface area contributed by atoms with E-state index in [-0.39, 0.29) is 0 Å². The van der Waals surface area contributed by atoms with Crippen LogP contribution < -0.4 is 11.1 Å². The summed E-state index contributed by atoms with van der Waals surface area (Å²) in [6.45, 7) is 3.24. The Kier molecular flexibility index (Phi) is 3.28. The first-order valence-electron chi connectivity index (χ1n) is 7.91. The van der Waals surface area contributed by atoms with Crippen molar-refractivity contribution in [3.05, 3.63) is 36.0 Å². The van der Waals surface area contributed by atoms with Gasteiger partial charge in [0.15, 0.2) is 0 Å². The zero-order valence-electron chi connectivity index (χ0n) is 12.3. The van der Waals surface area contributed by atoms with E-state index in [1.165, 1.54) is 32.4 Å². The lowest BCUT2D eigenvalue weighted by atomic mass is 10.1. The van der Waals surface area contributed by atoms with Crippen molar-refractivity contribution in [3.63, 3.8) is 0 Å². The summed E-state index contributed by atoms with van der Waals surface area (Å²) in [6.07, 6.45) is 4.05. The molecule has 1 aromatic carbocycles. The molecule has 1 saturated heterocycles. The van der Waals surface area contributed by atoms with Gasteiger partial charge >= 0.3 is 0 Å². The van der Waals surface area contributed by atoms with Gasteiger partial charge in [0.05, 0.1) is 11.2 Å². The molecule has 0 radical (unpaired) electrons. The third kappa shape index (κ3) is 2.74. The van der Waals surface area contributed by atoms with Gasteiger partial charge in [-0.25, -0.2) is 0 Å². The number of anilines is 1. The molecule has 4 rings (SSSR count). The Labute approximate surface area is 125 Å². The first-order chi connectivity index (χ1) is 10.3. The lowest BCUT2D eigenvalue weighted by Crippen LogP contribution is -2.33. The molecule has 4 heteroatoms. The third-order valence-electron chi connectivity index (χ3n) is 4.66. The maximum Gasteiger partial charge on any atom is 0.0726 e. The van der Waals surface area contributed by atoms with Gasteiger partial charge in [0.25, 0.3) is 0 Å². The number of likely N-dealkylation sites (tertiary alicyclic amines) is 1. The smallest absolute Gasteiger partial charge is 0.0726 e. The second-order valence-electron chi connectivity index (χ2n) is 6.31. The van der Waals surface area contributed by atoms with Crippen molar-refractivity contribution in [1.29, 1.82) is 0 Å². The lowest BCUT2D eigenvalue weighted by Gasteiger charge is -2.16. The molecule has 0 spiro atoms. The number of nitrogens with two attached hydrogens (primary N) is 1. The van der Waals surface area contributed by atoms with E-state index in [0.717, 1.165) is 34.9 Å². The maximum atomic E-state index is 6.13. The molecule has 0 amide bonds. The molecule has 1 atom stereocenters. The molecule has 21 heavy (non-hydrogen) atoms. The van der Waals surface area contributed by atoms with Crippen molar-refractivity contribution in [1.82, 2.24) is 15.2 Å². The molecule has 1 aliphatic carbocycles. The molecule has 2 heterocycles. The standard InChI is InChI=1S/C17H22N4/c18-16-9-13(20-17-4-2-1-3-15(16)17)10-19-12-7-8-21(11-12)14-5-6-14/h1-4,9,12,14,19H,5-8,10-11H2,(H2,18,20). The molecular weight excluding hydrogens is 260 g/mol. The Morgan fingerprint density at radius 2 is 2.10 bits per heavy atom. The number of hydrogen-bond donors (Lipinski definition) is 2. The fourth-order valence-electron chi connectivity index (χ4n) is 3.32. The normalized spacial score (nSPS) is 23.0. The Balaban J connectivity index is 1.42. The second-order valence-corrected chi connectivity index (χ2v) is 6.31. The minimum absolute atomic E-state index is 0.597. The van der Waals surface area contributed by atoms with E-state index in [9.17, 15) is 0 Å². The fraction of sp³-hybridized carbons (Fsp3) is 0.471. The van der Waals surface area contributed by atoms with Crippen LogP contribution >= 0.6 is 0 Å². The molecule has 1 unspecified atom stereocenters. The summed E-state index contributed by atoms with van der Waals surface area (Å²) in [5.74, 6) is 0. The van der Waals surface area contributed by atoms with E-state index in [0.29, 0.717) is 6.04 Å². The van der Waals surface area contributed by atoms with E-state index in [1.54, 1.807) is 0 Å². The van der Waals surface area contributed by atoms with Crippen molar-refractivity contribution in [2.45, 2.75) is 37.9 Å². The van der Waals surface area contributed by atoms with E-state index < -0.39 is 0 Å². The number of nitrogens with zero attached hydrogens (tertiary/aromatic N) is 2. The van der Waals surface area contributed by atoms with Gasteiger partial charge in [-0.1, -0.05) is 18.2 Å². The van der Waals surface area contributed by atoms with Crippen LogP contribution in [-0.2, 0) is 6.54 Å². The van der Waals surface area contributed by atoms with Gasteiger partial charge in [-0.05, 0) is 31.4 Å². The predicted molar refractivity (Wildman–Crippen MR) is 86.0 cm³/mol. The molecule has 1 aliphatic heterocycles. The van der Waals surface area contributed by atoms with Gasteiger partial charge < -0.3 is 11.1 Å². The van der Waals surface area contributed by atoms with Gasteiger partial charge in [-0.15, -0.1) is 0 Å². The van der Waals surface area contributed by atoms with E-state index in [1.807, 2.05) is 30.3 Å². The molecule has 3 N–H and O–H groups in total. The van der Waals surface area contributed by atoms with Crippen LogP contribution in [0.15, 0.2) is 30.3 Å². The summed E-state index contributed by atoms with van der Waals surface area (Å²) in [5, 5.41) is 4.69. The van der Waals surface area contributed by atoms with Gasteiger partial charge in [-0.3, -0.25) is 9.88 Å². The summed E-state index contributed by atoms with van der Waals surface area (Å²) in [5.41, 5.74) is 8.98. The molecule has 0 bridgehead atoms. The van der Waals surface area contributed by atoms with E-state index >= 15 is 0 Å². The highest BCUT2D eigenvalue weighted by atomic mass is 15.2. The van der Waals surface area contributed by atoms with Gasteiger partial charge in [0.1, 0.15) is 0 Å². The quantitative estimate of drug-likeness (QED) is 0.902. The first kappa shape index (κ1) is 13.0. The van der Waals surface area contributed by atoms with Crippen LogP contribution in [0.4, 0.5) is 5.69 Å². The first-order valence-corrected chi connectivity index (χ1v) is 7.91. The average molecular weight is 282 g/mol.